The molecule has 0 bridgehead atoms. The van der Waals surface area contributed by atoms with Crippen LogP contribution in [-0.4, -0.2) is 77.4 Å². The van der Waals surface area contributed by atoms with Gasteiger partial charge in [-0.3, -0.25) is 19.7 Å². The number of hydrazine groups is 1. The predicted octanol–water partition coefficient (Wildman–Crippen LogP) is 5.07. The van der Waals surface area contributed by atoms with Crippen molar-refractivity contribution >= 4 is 39.1 Å². The fourth-order valence-electron chi connectivity index (χ4n) is 7.36. The molecule has 250 valence electrons. The van der Waals surface area contributed by atoms with Gasteiger partial charge >= 0.3 is 0 Å². The first kappa shape index (κ1) is 34.3. The standard InChI is InChI=1S/C35H50BrN7O3/c1-5-7-25(2)10-11-27(38-30-23-37-41(4)34(46)32(30)36)24-40(3)43-20-16-35(17-21-43)14-18-42(19-15-35)28-9-6-8-26(22-28)29-12-13-31(44)39-33(29)45/h5-9,22-23,25,27,29,38H,10-21,24H2,1-4H3,(H,39,44,45)/b7-5-/t25?,27-,29?/m1/s1. The molecule has 10 nitrogen and oxygen atoms in total. The van der Waals surface area contributed by atoms with E-state index in [2.05, 4.69) is 91.8 Å². The minimum atomic E-state index is -0.250. The first-order valence-corrected chi connectivity index (χ1v) is 17.6. The molecule has 4 heterocycles. The highest BCUT2D eigenvalue weighted by atomic mass is 79.9. The number of carbonyl (C=O) groups is 2. The molecule has 3 saturated heterocycles. The van der Waals surface area contributed by atoms with E-state index in [0.717, 1.165) is 56.8 Å². The summed E-state index contributed by atoms with van der Waals surface area (Å²) in [5.41, 5.74) is 3.15. The Balaban J connectivity index is 1.15. The fourth-order valence-corrected chi connectivity index (χ4v) is 7.84. The number of nitrogens with zero attached hydrogens (tertiary/aromatic N) is 5. The van der Waals surface area contributed by atoms with Crippen LogP contribution in [0.3, 0.4) is 0 Å². The molecule has 2 unspecified atom stereocenters. The Hall–Kier alpha value is -3.02. The summed E-state index contributed by atoms with van der Waals surface area (Å²) in [4.78, 5) is 39.0. The van der Waals surface area contributed by atoms with Gasteiger partial charge < -0.3 is 10.2 Å². The lowest BCUT2D eigenvalue weighted by Crippen LogP contribution is -2.53. The number of allylic oxidation sites excluding steroid dienone is 2. The summed E-state index contributed by atoms with van der Waals surface area (Å²) < 4.78 is 1.87. The minimum absolute atomic E-state index is 0.145. The maximum absolute atomic E-state index is 12.5. The minimum Gasteiger partial charge on any atom is -0.379 e. The van der Waals surface area contributed by atoms with Crippen LogP contribution in [0.4, 0.5) is 11.4 Å². The Labute approximate surface area is 281 Å². The number of piperidine rings is 3. The topological polar surface area (TPSA) is 103 Å². The van der Waals surface area contributed by atoms with Crippen LogP contribution in [0.25, 0.3) is 0 Å². The van der Waals surface area contributed by atoms with Crippen molar-refractivity contribution in [3.05, 3.63) is 63.0 Å². The third kappa shape index (κ3) is 8.27. The van der Waals surface area contributed by atoms with Gasteiger partial charge in [0.05, 0.1) is 17.8 Å². The second kappa shape index (κ2) is 15.3. The number of rotatable bonds is 11. The molecule has 3 aliphatic rings. The van der Waals surface area contributed by atoms with Crippen molar-refractivity contribution < 1.29 is 9.59 Å². The zero-order valence-electron chi connectivity index (χ0n) is 27.8. The average Bonchev–Trinajstić information content (AvgIpc) is 3.04. The Morgan fingerprint density at radius 1 is 1.13 bits per heavy atom. The highest BCUT2D eigenvalue weighted by Gasteiger charge is 2.39. The van der Waals surface area contributed by atoms with Crippen molar-refractivity contribution in [1.82, 2.24) is 25.1 Å². The lowest BCUT2D eigenvalue weighted by Gasteiger charge is -2.49. The van der Waals surface area contributed by atoms with E-state index in [-0.39, 0.29) is 29.3 Å². The van der Waals surface area contributed by atoms with Crippen LogP contribution in [0.1, 0.15) is 76.7 Å². The molecule has 1 spiro atoms. The maximum atomic E-state index is 12.5. The van der Waals surface area contributed by atoms with Gasteiger partial charge in [0.1, 0.15) is 4.47 Å². The molecule has 2 aromatic rings. The number of hydrogen-bond acceptors (Lipinski definition) is 8. The summed E-state index contributed by atoms with van der Waals surface area (Å²) >= 11 is 3.49. The van der Waals surface area contributed by atoms with Crippen molar-refractivity contribution in [2.45, 2.75) is 77.2 Å². The van der Waals surface area contributed by atoms with E-state index in [0.29, 0.717) is 28.6 Å². The summed E-state index contributed by atoms with van der Waals surface area (Å²) in [5, 5.41) is 15.2. The zero-order valence-corrected chi connectivity index (χ0v) is 29.4. The van der Waals surface area contributed by atoms with E-state index in [1.807, 2.05) is 12.1 Å². The summed E-state index contributed by atoms with van der Waals surface area (Å²) in [6, 6.07) is 8.53. The van der Waals surface area contributed by atoms with Crippen molar-refractivity contribution in [3.63, 3.8) is 0 Å². The summed E-state index contributed by atoms with van der Waals surface area (Å²) in [6.07, 6.45) is 13.8. The number of nitrogens with one attached hydrogen (secondary N) is 2. The summed E-state index contributed by atoms with van der Waals surface area (Å²) in [5.74, 6) is -0.109. The van der Waals surface area contributed by atoms with Gasteiger partial charge in [0, 0.05) is 65.0 Å². The molecule has 0 radical (unpaired) electrons. The van der Waals surface area contributed by atoms with Gasteiger partial charge in [-0.1, -0.05) is 31.2 Å². The Morgan fingerprint density at radius 2 is 1.85 bits per heavy atom. The number of halogens is 1. The van der Waals surface area contributed by atoms with E-state index in [1.165, 1.54) is 36.1 Å². The first-order chi connectivity index (χ1) is 22.1. The van der Waals surface area contributed by atoms with Crippen LogP contribution in [0.5, 0.6) is 0 Å². The van der Waals surface area contributed by atoms with Crippen molar-refractivity contribution in [3.8, 4) is 0 Å². The number of anilines is 2. The van der Waals surface area contributed by atoms with Crippen LogP contribution >= 0.6 is 15.9 Å². The summed E-state index contributed by atoms with van der Waals surface area (Å²) in [7, 11) is 3.85. The molecule has 0 saturated carbocycles. The molecule has 5 rings (SSSR count). The number of carbonyl (C=O) groups excluding carboxylic acids is 2. The molecule has 1 aromatic heterocycles. The molecule has 2 amide bonds. The van der Waals surface area contributed by atoms with E-state index in [4.69, 9.17) is 0 Å². The largest absolute Gasteiger partial charge is 0.379 e. The molecular weight excluding hydrogens is 646 g/mol. The number of aryl methyl sites for hydroxylation is 1. The van der Waals surface area contributed by atoms with Crippen molar-refractivity contribution in [2.75, 3.05) is 50.0 Å². The molecule has 0 aliphatic carbocycles. The van der Waals surface area contributed by atoms with E-state index >= 15 is 0 Å². The Bertz CT molecular complexity index is 1460. The number of hydrogen-bond donors (Lipinski definition) is 2. The highest BCUT2D eigenvalue weighted by molar-refractivity contribution is 9.10. The van der Waals surface area contributed by atoms with Crippen molar-refractivity contribution in [2.24, 2.45) is 18.4 Å². The average molecular weight is 697 g/mol. The summed E-state index contributed by atoms with van der Waals surface area (Å²) in [6.45, 7) is 9.28. The van der Waals surface area contributed by atoms with Gasteiger partial charge in [0.2, 0.25) is 11.8 Å². The van der Waals surface area contributed by atoms with E-state index in [9.17, 15) is 14.4 Å². The number of imide groups is 1. The maximum Gasteiger partial charge on any atom is 0.282 e. The van der Waals surface area contributed by atoms with Crippen molar-refractivity contribution in [1.29, 1.82) is 0 Å². The predicted molar refractivity (Wildman–Crippen MR) is 187 cm³/mol. The zero-order chi connectivity index (χ0) is 32.8. The first-order valence-electron chi connectivity index (χ1n) is 16.8. The molecule has 46 heavy (non-hydrogen) atoms. The smallest absolute Gasteiger partial charge is 0.282 e. The Morgan fingerprint density at radius 3 is 2.54 bits per heavy atom. The molecule has 3 aliphatic heterocycles. The molecule has 3 fully saturated rings. The second-order valence-corrected chi connectivity index (χ2v) is 14.4. The number of amides is 2. The normalized spacial score (nSPS) is 22.0. The SMILES string of the molecule is C/C=C\C(C)CC[C@H](CN(C)N1CCC2(CCN(c3cccc(C4CCC(=O)NC4=O)c3)CC2)CC1)Nc1cnn(C)c(=O)c1Br. The van der Waals surface area contributed by atoms with Gasteiger partial charge in [0.25, 0.3) is 5.56 Å². The van der Waals surface area contributed by atoms with Crippen LogP contribution < -0.4 is 21.1 Å². The quantitative estimate of drug-likeness (QED) is 0.248. The molecule has 1 aromatic carbocycles. The van der Waals surface area contributed by atoms with Gasteiger partial charge in [-0.05, 0) is 96.8 Å². The Kier molecular flexibility index (Phi) is 11.4. The van der Waals surface area contributed by atoms with Gasteiger partial charge in [-0.2, -0.15) is 5.10 Å². The molecule has 11 heteroatoms. The molecular formula is C35H50BrN7O3. The fraction of sp³-hybridized carbons (Fsp3) is 0.600. The van der Waals surface area contributed by atoms with Gasteiger partial charge in [-0.15, -0.1) is 0 Å². The lowest BCUT2D eigenvalue weighted by atomic mass is 9.71. The number of benzene rings is 1. The number of likely N-dealkylation sites (N-methyl/N-ethyl adjacent to an activating group) is 1. The van der Waals surface area contributed by atoms with E-state index in [1.54, 1.807) is 13.2 Å². The van der Waals surface area contributed by atoms with Gasteiger partial charge in [0.15, 0.2) is 0 Å². The highest BCUT2D eigenvalue weighted by Crippen LogP contribution is 2.42. The van der Waals surface area contributed by atoms with Crippen LogP contribution in [0, 0.1) is 11.3 Å². The molecule has 3 atom stereocenters. The second-order valence-electron chi connectivity index (χ2n) is 13.6. The number of aromatic nitrogens is 2. The van der Waals surface area contributed by atoms with Gasteiger partial charge in [-0.25, -0.2) is 14.7 Å². The third-order valence-electron chi connectivity index (χ3n) is 10.4. The lowest BCUT2D eigenvalue weighted by molar-refractivity contribution is -0.134. The van der Waals surface area contributed by atoms with E-state index < -0.39 is 0 Å². The third-order valence-corrected chi connectivity index (χ3v) is 11.2. The van der Waals surface area contributed by atoms with Crippen LogP contribution in [0.2, 0.25) is 0 Å². The monoisotopic (exact) mass is 695 g/mol. The van der Waals surface area contributed by atoms with Crippen LogP contribution in [-0.2, 0) is 16.6 Å². The van der Waals surface area contributed by atoms with Crippen LogP contribution in [0.15, 0.2) is 51.9 Å². The molecule has 2 N–H and O–H groups in total.